The van der Waals surface area contributed by atoms with Crippen molar-refractivity contribution in [1.29, 1.82) is 0 Å². The van der Waals surface area contributed by atoms with Crippen molar-refractivity contribution in [3.63, 3.8) is 0 Å². The Labute approximate surface area is 112 Å². The van der Waals surface area contributed by atoms with Gasteiger partial charge in [0.05, 0.1) is 6.04 Å². The first-order valence-corrected chi connectivity index (χ1v) is 5.74. The Kier molecular flexibility index (Phi) is 3.87. The third kappa shape index (κ3) is 2.71. The zero-order chi connectivity index (χ0) is 14.7. The van der Waals surface area contributed by atoms with Crippen molar-refractivity contribution in [2.75, 3.05) is 12.4 Å². The number of carbonyl (C=O) groups is 1. The van der Waals surface area contributed by atoms with E-state index in [4.69, 9.17) is 0 Å². The molecule has 0 bridgehead atoms. The topological polar surface area (TPSA) is 95.6 Å². The third-order valence-corrected chi connectivity index (χ3v) is 2.65. The van der Waals surface area contributed by atoms with Crippen LogP contribution in [0.5, 0.6) is 0 Å². The Morgan fingerprint density at radius 3 is 2.50 bits per heavy atom. The van der Waals surface area contributed by atoms with E-state index in [1.165, 1.54) is 7.05 Å². The molecule has 0 radical (unpaired) electrons. The quantitative estimate of drug-likeness (QED) is 0.778. The molecule has 3 N–H and O–H groups in total. The molecule has 2 rings (SSSR count). The van der Waals surface area contributed by atoms with E-state index >= 15 is 0 Å². The van der Waals surface area contributed by atoms with Gasteiger partial charge in [-0.15, -0.1) is 10.2 Å². The van der Waals surface area contributed by atoms with Gasteiger partial charge in [-0.05, 0) is 19.1 Å². The summed E-state index contributed by atoms with van der Waals surface area (Å²) < 4.78 is 27.1. The van der Waals surface area contributed by atoms with Gasteiger partial charge < -0.3 is 10.6 Å². The van der Waals surface area contributed by atoms with Crippen LogP contribution in [0.4, 0.5) is 14.5 Å². The Balaban J connectivity index is 2.17. The first kappa shape index (κ1) is 13.8. The van der Waals surface area contributed by atoms with Gasteiger partial charge in [-0.3, -0.25) is 4.79 Å². The second-order valence-electron chi connectivity index (χ2n) is 4.03. The van der Waals surface area contributed by atoms with Gasteiger partial charge in [-0.1, -0.05) is 5.21 Å². The van der Waals surface area contributed by atoms with Gasteiger partial charge in [0.15, 0.2) is 5.82 Å². The minimum Gasteiger partial charge on any atom is -0.383 e. The molecule has 1 heterocycles. The number of tetrazole rings is 1. The maximum absolute atomic E-state index is 13.6. The Bertz CT molecular complexity index is 592. The van der Waals surface area contributed by atoms with E-state index < -0.39 is 23.6 Å². The number of anilines is 1. The number of hydrogen-bond acceptors (Lipinski definition) is 5. The molecule has 1 aromatic carbocycles. The fourth-order valence-corrected chi connectivity index (χ4v) is 1.64. The molecule has 2 aromatic rings. The molecule has 1 amide bonds. The molecule has 0 aliphatic heterocycles. The second kappa shape index (κ2) is 5.59. The lowest BCUT2D eigenvalue weighted by Crippen LogP contribution is -2.27. The number of nitrogens with one attached hydrogen (secondary N) is 3. The van der Waals surface area contributed by atoms with Crippen LogP contribution in [0.15, 0.2) is 12.1 Å². The lowest BCUT2D eigenvalue weighted by atomic mass is 10.1. The summed E-state index contributed by atoms with van der Waals surface area (Å²) in [4.78, 5) is 11.9. The number of aromatic amines is 1. The molecule has 0 spiro atoms. The van der Waals surface area contributed by atoms with E-state index in [-0.39, 0.29) is 17.1 Å². The van der Waals surface area contributed by atoms with Crippen molar-refractivity contribution in [2.24, 2.45) is 0 Å². The van der Waals surface area contributed by atoms with Crippen molar-refractivity contribution in [3.05, 3.63) is 35.2 Å². The van der Waals surface area contributed by atoms with Crippen molar-refractivity contribution < 1.29 is 13.6 Å². The summed E-state index contributed by atoms with van der Waals surface area (Å²) in [6.45, 7) is 1.62. The van der Waals surface area contributed by atoms with Crippen molar-refractivity contribution in [3.8, 4) is 0 Å². The van der Waals surface area contributed by atoms with Gasteiger partial charge in [0.25, 0.3) is 5.91 Å². The molecular weight excluding hydrogens is 270 g/mol. The van der Waals surface area contributed by atoms with E-state index in [9.17, 15) is 13.6 Å². The lowest BCUT2D eigenvalue weighted by molar-refractivity contribution is 0.0937. The number of aromatic nitrogens is 4. The van der Waals surface area contributed by atoms with Gasteiger partial charge in [0.1, 0.15) is 17.3 Å². The maximum atomic E-state index is 13.6. The number of H-pyrrole nitrogens is 1. The van der Waals surface area contributed by atoms with Gasteiger partial charge in [-0.25, -0.2) is 8.78 Å². The first-order valence-electron chi connectivity index (χ1n) is 5.74. The van der Waals surface area contributed by atoms with Crippen LogP contribution in [0.3, 0.4) is 0 Å². The van der Waals surface area contributed by atoms with Crippen LogP contribution >= 0.6 is 0 Å². The number of benzene rings is 1. The number of hydrogen-bond donors (Lipinski definition) is 3. The molecule has 0 aliphatic carbocycles. The Morgan fingerprint density at radius 2 is 2.00 bits per heavy atom. The molecule has 7 nitrogen and oxygen atoms in total. The summed E-state index contributed by atoms with van der Waals surface area (Å²) >= 11 is 0. The Morgan fingerprint density at radius 1 is 1.35 bits per heavy atom. The molecule has 0 fully saturated rings. The second-order valence-corrected chi connectivity index (χ2v) is 4.03. The number of rotatable bonds is 4. The average molecular weight is 282 g/mol. The monoisotopic (exact) mass is 282 g/mol. The van der Waals surface area contributed by atoms with Crippen LogP contribution in [-0.2, 0) is 0 Å². The number of nitrogens with zero attached hydrogens (tertiary/aromatic N) is 3. The minimum absolute atomic E-state index is 0.130. The van der Waals surface area contributed by atoms with Crippen molar-refractivity contribution in [2.45, 2.75) is 13.0 Å². The van der Waals surface area contributed by atoms with E-state index in [0.717, 1.165) is 12.1 Å². The number of amides is 1. The lowest BCUT2D eigenvalue weighted by Gasteiger charge is -2.11. The molecule has 1 atom stereocenters. The summed E-state index contributed by atoms with van der Waals surface area (Å²) in [6.07, 6.45) is 0. The molecule has 20 heavy (non-hydrogen) atoms. The molecular formula is C11H12F2N6O. The fourth-order valence-electron chi connectivity index (χ4n) is 1.64. The highest BCUT2D eigenvalue weighted by Gasteiger charge is 2.18. The number of carbonyl (C=O) groups excluding carboxylic acids is 1. The SMILES string of the molecule is CNc1c(F)cc(C(=O)NC(C)c2nn[nH]n2)cc1F. The molecule has 106 valence electrons. The summed E-state index contributed by atoms with van der Waals surface area (Å²) in [5, 5.41) is 17.9. The largest absolute Gasteiger partial charge is 0.383 e. The predicted octanol–water partition coefficient (Wildman–Crippen LogP) is 1.01. The third-order valence-electron chi connectivity index (χ3n) is 2.65. The molecule has 1 unspecified atom stereocenters. The van der Waals surface area contributed by atoms with Gasteiger partial charge in [0, 0.05) is 12.6 Å². The zero-order valence-corrected chi connectivity index (χ0v) is 10.7. The Hall–Kier alpha value is -2.58. The van der Waals surface area contributed by atoms with Crippen LogP contribution in [0.25, 0.3) is 0 Å². The highest BCUT2D eigenvalue weighted by Crippen LogP contribution is 2.20. The summed E-state index contributed by atoms with van der Waals surface area (Å²) in [5.74, 6) is -2.05. The maximum Gasteiger partial charge on any atom is 0.252 e. The van der Waals surface area contributed by atoms with E-state index in [2.05, 4.69) is 31.3 Å². The number of halogens is 2. The molecule has 9 heteroatoms. The van der Waals surface area contributed by atoms with Gasteiger partial charge >= 0.3 is 0 Å². The van der Waals surface area contributed by atoms with E-state index in [1.807, 2.05) is 0 Å². The highest BCUT2D eigenvalue weighted by atomic mass is 19.1. The van der Waals surface area contributed by atoms with Gasteiger partial charge in [0.2, 0.25) is 0 Å². The predicted molar refractivity (Wildman–Crippen MR) is 66.0 cm³/mol. The van der Waals surface area contributed by atoms with Crippen LogP contribution < -0.4 is 10.6 Å². The van der Waals surface area contributed by atoms with Crippen LogP contribution in [-0.4, -0.2) is 33.6 Å². The molecule has 0 saturated heterocycles. The van der Waals surface area contributed by atoms with E-state index in [1.54, 1.807) is 6.92 Å². The highest BCUT2D eigenvalue weighted by molar-refractivity contribution is 5.94. The van der Waals surface area contributed by atoms with Crippen LogP contribution in [0.2, 0.25) is 0 Å². The van der Waals surface area contributed by atoms with Gasteiger partial charge in [-0.2, -0.15) is 5.21 Å². The minimum atomic E-state index is -0.843. The molecule has 1 aromatic heterocycles. The zero-order valence-electron chi connectivity index (χ0n) is 10.7. The summed E-state index contributed by atoms with van der Waals surface area (Å²) in [6, 6.07) is 1.36. The fraction of sp³-hybridized carbons (Fsp3) is 0.273. The first-order chi connectivity index (χ1) is 9.52. The van der Waals surface area contributed by atoms with E-state index in [0.29, 0.717) is 0 Å². The normalized spacial score (nSPS) is 12.0. The molecule has 0 aliphatic rings. The van der Waals surface area contributed by atoms with Crippen molar-refractivity contribution >= 4 is 11.6 Å². The van der Waals surface area contributed by atoms with Crippen molar-refractivity contribution in [1.82, 2.24) is 25.9 Å². The summed E-state index contributed by atoms with van der Waals surface area (Å²) in [7, 11) is 1.39. The standard InChI is InChI=1S/C11H12F2N6O/c1-5(10-16-18-19-17-10)15-11(20)6-3-7(12)9(14-2)8(13)4-6/h3-5,14H,1-2H3,(H,15,20)(H,16,17,18,19). The van der Waals surface area contributed by atoms with Crippen LogP contribution in [0, 0.1) is 11.6 Å². The smallest absolute Gasteiger partial charge is 0.252 e. The molecule has 0 saturated carbocycles. The summed E-state index contributed by atoms with van der Waals surface area (Å²) in [5.41, 5.74) is -0.415. The van der Waals surface area contributed by atoms with Crippen LogP contribution in [0.1, 0.15) is 29.1 Å². The average Bonchev–Trinajstić information content (AvgIpc) is 2.92.